The van der Waals surface area contributed by atoms with E-state index in [1.165, 1.54) is 19.0 Å². The van der Waals surface area contributed by atoms with Crippen molar-refractivity contribution in [2.45, 2.75) is 0 Å². The van der Waals surface area contributed by atoms with Crippen molar-refractivity contribution in [1.29, 1.82) is 0 Å². The molecule has 0 N–H and O–H groups in total. The second-order valence-corrected chi connectivity index (χ2v) is 0.794. The molecule has 7 heavy (non-hydrogen) atoms. The predicted octanol–water partition coefficient (Wildman–Crippen LogP) is -0.131. The van der Waals surface area contributed by atoms with E-state index < -0.39 is 0 Å². The summed E-state index contributed by atoms with van der Waals surface area (Å²) in [6, 6.07) is 0. The molecule has 0 atom stereocenters. The van der Waals surface area contributed by atoms with Gasteiger partial charge in [0.2, 0.25) is 0 Å². The molecule has 0 aliphatic rings. The van der Waals surface area contributed by atoms with Gasteiger partial charge in [0.05, 0.1) is 0 Å². The number of nitrogens with zero attached hydrogens (tertiary/aromatic N) is 3. The van der Waals surface area contributed by atoms with Gasteiger partial charge in [-0.25, -0.2) is 15.0 Å². The minimum atomic E-state index is 0. The largest absolute Gasteiger partial charge is 0.225 e. The van der Waals surface area contributed by atoms with Crippen LogP contribution in [0.25, 0.3) is 0 Å². The summed E-state index contributed by atoms with van der Waals surface area (Å²) in [5, 5.41) is 0. The molecule has 1 radical (unpaired) electrons. The number of hydrogen-bond donors (Lipinski definition) is 0. The van der Waals surface area contributed by atoms with Crippen molar-refractivity contribution in [3.8, 4) is 0 Å². The first-order valence-corrected chi connectivity index (χ1v) is 1.55. The van der Waals surface area contributed by atoms with E-state index in [0.29, 0.717) is 0 Å². The van der Waals surface area contributed by atoms with Crippen LogP contribution in [-0.4, -0.2) is 15.0 Å². The maximum Gasteiger partial charge on any atom is 0.119 e. The van der Waals surface area contributed by atoms with E-state index in [0.717, 1.165) is 0 Å². The first-order valence-electron chi connectivity index (χ1n) is 1.55. The average molecular weight is 145 g/mol. The van der Waals surface area contributed by atoms with Gasteiger partial charge in [-0.1, -0.05) is 0 Å². The van der Waals surface area contributed by atoms with Crippen LogP contribution >= 0.6 is 0 Å². The molecule has 0 aliphatic heterocycles. The van der Waals surface area contributed by atoms with E-state index in [1.54, 1.807) is 0 Å². The Kier molecular flexibility index (Phi) is 3.46. The molecule has 0 spiro atoms. The Morgan fingerprint density at radius 3 is 1.14 bits per heavy atom. The Hall–Kier alpha value is -0.471. The topological polar surface area (TPSA) is 38.7 Å². The maximum atomic E-state index is 3.56. The summed E-state index contributed by atoms with van der Waals surface area (Å²) in [5.74, 6) is 0. The molecular formula is C3H3CuN3. The summed E-state index contributed by atoms with van der Waals surface area (Å²) in [6.45, 7) is 0. The van der Waals surface area contributed by atoms with Crippen LogP contribution in [0.2, 0.25) is 0 Å². The fraction of sp³-hybridized carbons (Fsp3) is 0. The molecule has 1 heterocycles. The van der Waals surface area contributed by atoms with Crippen molar-refractivity contribution in [3.05, 3.63) is 19.0 Å². The van der Waals surface area contributed by atoms with Gasteiger partial charge in [-0.15, -0.1) is 0 Å². The number of aromatic nitrogens is 3. The Morgan fingerprint density at radius 2 is 1.00 bits per heavy atom. The monoisotopic (exact) mass is 144 g/mol. The summed E-state index contributed by atoms with van der Waals surface area (Å²) < 4.78 is 0. The van der Waals surface area contributed by atoms with Crippen molar-refractivity contribution >= 4 is 0 Å². The number of rotatable bonds is 0. The molecule has 0 aromatic carbocycles. The predicted molar refractivity (Wildman–Crippen MR) is 19.8 cm³/mol. The summed E-state index contributed by atoms with van der Waals surface area (Å²) in [6.07, 6.45) is 4.31. The van der Waals surface area contributed by atoms with Gasteiger partial charge in [-0.3, -0.25) is 0 Å². The molecule has 41 valence electrons. The quantitative estimate of drug-likeness (QED) is 0.477. The molecule has 3 nitrogen and oxygen atoms in total. The van der Waals surface area contributed by atoms with Crippen LogP contribution in [0.1, 0.15) is 0 Å². The molecule has 0 saturated heterocycles. The Balaban J connectivity index is 0.000000360. The van der Waals surface area contributed by atoms with Gasteiger partial charge in [-0.05, 0) is 0 Å². The summed E-state index contributed by atoms with van der Waals surface area (Å²) in [4.78, 5) is 10.7. The third-order valence-corrected chi connectivity index (χ3v) is 0.400. The average Bonchev–Trinajstić information content (AvgIpc) is 1.72. The summed E-state index contributed by atoms with van der Waals surface area (Å²) in [7, 11) is 0. The van der Waals surface area contributed by atoms with Crippen molar-refractivity contribution in [2.75, 3.05) is 0 Å². The SMILES string of the molecule is [Cu].c1ncncn1. The van der Waals surface area contributed by atoms with Crippen LogP contribution in [0, 0.1) is 0 Å². The molecule has 1 aromatic heterocycles. The molecule has 0 aliphatic carbocycles. The van der Waals surface area contributed by atoms with Gasteiger partial charge in [-0.2, -0.15) is 0 Å². The Bertz CT molecular complexity index is 82.1. The van der Waals surface area contributed by atoms with E-state index in [-0.39, 0.29) is 17.1 Å². The van der Waals surface area contributed by atoms with Gasteiger partial charge in [0, 0.05) is 17.1 Å². The minimum Gasteiger partial charge on any atom is -0.225 e. The molecule has 0 unspecified atom stereocenters. The first kappa shape index (κ1) is 6.53. The standard InChI is InChI=1S/C3H3N3.Cu/c1-4-2-6-3-5-1;/h1-3H;. The van der Waals surface area contributed by atoms with Crippen LogP contribution in [0.4, 0.5) is 0 Å². The van der Waals surface area contributed by atoms with Crippen LogP contribution < -0.4 is 0 Å². The van der Waals surface area contributed by atoms with E-state index in [1.807, 2.05) is 0 Å². The molecule has 0 saturated carbocycles. The zero-order chi connectivity index (χ0) is 4.24. The smallest absolute Gasteiger partial charge is 0.119 e. The second kappa shape index (κ2) is 3.71. The van der Waals surface area contributed by atoms with E-state index in [9.17, 15) is 0 Å². The van der Waals surface area contributed by atoms with Crippen molar-refractivity contribution in [1.82, 2.24) is 15.0 Å². The third-order valence-electron chi connectivity index (χ3n) is 0.400. The molecule has 0 bridgehead atoms. The molecule has 4 heteroatoms. The van der Waals surface area contributed by atoms with Gasteiger partial charge in [0.25, 0.3) is 0 Å². The molecule has 1 rings (SSSR count). The van der Waals surface area contributed by atoms with Gasteiger partial charge >= 0.3 is 0 Å². The Morgan fingerprint density at radius 1 is 0.714 bits per heavy atom. The summed E-state index contributed by atoms with van der Waals surface area (Å²) in [5.41, 5.74) is 0. The minimum absolute atomic E-state index is 0. The molecular weight excluding hydrogens is 142 g/mol. The fourth-order valence-corrected chi connectivity index (χ4v) is 0.205. The molecule has 0 amide bonds. The molecule has 0 fully saturated rings. The van der Waals surface area contributed by atoms with Crippen LogP contribution in [-0.2, 0) is 17.1 Å². The first-order chi connectivity index (χ1) is 3.00. The third kappa shape index (κ3) is 2.25. The van der Waals surface area contributed by atoms with Gasteiger partial charge < -0.3 is 0 Å². The maximum absolute atomic E-state index is 3.56. The van der Waals surface area contributed by atoms with E-state index >= 15 is 0 Å². The van der Waals surface area contributed by atoms with E-state index in [2.05, 4.69) is 15.0 Å². The summed E-state index contributed by atoms with van der Waals surface area (Å²) >= 11 is 0. The molecule has 1 aromatic rings. The number of hydrogen-bond acceptors (Lipinski definition) is 3. The second-order valence-electron chi connectivity index (χ2n) is 0.794. The van der Waals surface area contributed by atoms with Crippen LogP contribution in [0.3, 0.4) is 0 Å². The van der Waals surface area contributed by atoms with Crippen molar-refractivity contribution < 1.29 is 17.1 Å². The van der Waals surface area contributed by atoms with Gasteiger partial charge in [0.1, 0.15) is 19.0 Å². The normalized spacial score (nSPS) is 6.86. The Labute approximate surface area is 51.7 Å². The van der Waals surface area contributed by atoms with Crippen molar-refractivity contribution in [2.24, 2.45) is 0 Å². The van der Waals surface area contributed by atoms with Crippen molar-refractivity contribution in [3.63, 3.8) is 0 Å². The van der Waals surface area contributed by atoms with Gasteiger partial charge in [0.15, 0.2) is 0 Å². The van der Waals surface area contributed by atoms with E-state index in [4.69, 9.17) is 0 Å². The zero-order valence-electron chi connectivity index (χ0n) is 3.38. The van der Waals surface area contributed by atoms with Crippen LogP contribution in [0.15, 0.2) is 19.0 Å². The fourth-order valence-electron chi connectivity index (χ4n) is 0.205. The zero-order valence-corrected chi connectivity index (χ0v) is 4.32. The van der Waals surface area contributed by atoms with Crippen LogP contribution in [0.5, 0.6) is 0 Å².